The maximum absolute atomic E-state index is 13.6. The summed E-state index contributed by atoms with van der Waals surface area (Å²) in [5.41, 5.74) is 2.76. The van der Waals surface area contributed by atoms with Crippen molar-refractivity contribution in [3.63, 3.8) is 0 Å². The highest BCUT2D eigenvalue weighted by atomic mass is 19.3. The first-order valence-electron chi connectivity index (χ1n) is 13.9. The van der Waals surface area contributed by atoms with Crippen LogP contribution in [0, 0.1) is 5.41 Å². The van der Waals surface area contributed by atoms with Crippen LogP contribution in [0.1, 0.15) is 97.2 Å². The number of urea groups is 1. The van der Waals surface area contributed by atoms with E-state index in [0.29, 0.717) is 36.5 Å². The second-order valence-corrected chi connectivity index (χ2v) is 12.3. The molecule has 0 atom stereocenters. The Bertz CT molecular complexity index is 1370. The van der Waals surface area contributed by atoms with E-state index < -0.39 is 6.43 Å². The SMILES string of the molecule is O=C(N1CC(c2ccc(-n3nc(C4CC4)cc3C(F)F)cc2)C1)N1CC2(CC(c3n[nH]c(C4CC4)n3)C2)C1. The molecule has 3 aromatic rings. The van der Waals surface area contributed by atoms with E-state index in [0.717, 1.165) is 61.7 Å². The molecule has 10 heteroatoms. The van der Waals surface area contributed by atoms with Gasteiger partial charge in [-0.2, -0.15) is 10.2 Å². The van der Waals surface area contributed by atoms with Crippen molar-refractivity contribution in [2.45, 2.75) is 68.6 Å². The number of likely N-dealkylation sites (tertiary alicyclic amines) is 2. The Morgan fingerprint density at radius 3 is 2.32 bits per heavy atom. The van der Waals surface area contributed by atoms with Crippen molar-refractivity contribution in [3.8, 4) is 5.69 Å². The molecule has 2 aromatic heterocycles. The third-order valence-corrected chi connectivity index (χ3v) is 9.27. The Kier molecular flexibility index (Phi) is 4.83. The summed E-state index contributed by atoms with van der Waals surface area (Å²) in [6.07, 6.45) is 4.07. The lowest BCUT2D eigenvalue weighted by Gasteiger charge is -2.59. The molecular weight excluding hydrogens is 488 g/mol. The maximum atomic E-state index is 13.6. The number of carbonyl (C=O) groups excluding carboxylic acids is 1. The van der Waals surface area contributed by atoms with Gasteiger partial charge in [0.05, 0.1) is 11.4 Å². The van der Waals surface area contributed by atoms with Gasteiger partial charge >= 0.3 is 6.03 Å². The van der Waals surface area contributed by atoms with Gasteiger partial charge in [-0.15, -0.1) is 0 Å². The van der Waals surface area contributed by atoms with Crippen molar-refractivity contribution in [1.82, 2.24) is 34.8 Å². The molecule has 5 fully saturated rings. The molecule has 2 amide bonds. The second-order valence-electron chi connectivity index (χ2n) is 12.3. The topological polar surface area (TPSA) is 82.9 Å². The molecule has 1 aromatic carbocycles. The van der Waals surface area contributed by atoms with E-state index >= 15 is 0 Å². The molecule has 2 saturated heterocycles. The summed E-state index contributed by atoms with van der Waals surface area (Å²) in [6, 6.07) is 9.38. The molecule has 1 N–H and O–H groups in total. The molecule has 3 saturated carbocycles. The van der Waals surface area contributed by atoms with Crippen molar-refractivity contribution >= 4 is 6.03 Å². The van der Waals surface area contributed by atoms with E-state index in [1.807, 2.05) is 34.1 Å². The highest BCUT2D eigenvalue weighted by molar-refractivity contribution is 5.77. The van der Waals surface area contributed by atoms with Gasteiger partial charge in [0, 0.05) is 55.3 Å². The van der Waals surface area contributed by atoms with Crippen LogP contribution in [0.4, 0.5) is 13.6 Å². The number of rotatable bonds is 6. The van der Waals surface area contributed by atoms with Gasteiger partial charge in [-0.05, 0) is 62.3 Å². The molecule has 8 nitrogen and oxygen atoms in total. The van der Waals surface area contributed by atoms with E-state index in [9.17, 15) is 13.6 Å². The molecule has 0 radical (unpaired) electrons. The highest BCUT2D eigenvalue weighted by Gasteiger charge is 2.56. The average Bonchev–Trinajstić information content (AvgIpc) is 3.77. The zero-order chi connectivity index (χ0) is 25.6. The van der Waals surface area contributed by atoms with E-state index in [1.54, 1.807) is 6.07 Å². The molecule has 0 unspecified atom stereocenters. The maximum Gasteiger partial charge on any atom is 0.320 e. The number of alkyl halides is 2. The van der Waals surface area contributed by atoms with Crippen LogP contribution in [-0.4, -0.2) is 67.0 Å². The lowest BCUT2D eigenvalue weighted by Crippen LogP contribution is -2.67. The smallest absolute Gasteiger partial charge is 0.320 e. The Hall–Kier alpha value is -3.30. The zero-order valence-corrected chi connectivity index (χ0v) is 21.2. The van der Waals surface area contributed by atoms with Gasteiger partial charge in [0.25, 0.3) is 6.43 Å². The summed E-state index contributed by atoms with van der Waals surface area (Å²) >= 11 is 0. The monoisotopic (exact) mass is 519 g/mol. The Labute approximate surface area is 219 Å². The van der Waals surface area contributed by atoms with Gasteiger partial charge < -0.3 is 9.80 Å². The van der Waals surface area contributed by atoms with Crippen LogP contribution >= 0.6 is 0 Å². The van der Waals surface area contributed by atoms with E-state index in [4.69, 9.17) is 4.98 Å². The van der Waals surface area contributed by atoms with Gasteiger partial charge in [-0.1, -0.05) is 12.1 Å². The van der Waals surface area contributed by atoms with Crippen molar-refractivity contribution in [3.05, 3.63) is 58.9 Å². The first-order valence-corrected chi connectivity index (χ1v) is 13.9. The number of nitrogens with one attached hydrogen (secondary N) is 1. The Balaban J connectivity index is 0.841. The number of aromatic amines is 1. The van der Waals surface area contributed by atoms with Gasteiger partial charge in [0.2, 0.25) is 0 Å². The number of benzene rings is 1. The van der Waals surface area contributed by atoms with Gasteiger partial charge in [0.15, 0.2) is 5.82 Å². The third-order valence-electron chi connectivity index (χ3n) is 9.27. The summed E-state index contributed by atoms with van der Waals surface area (Å²) < 4.78 is 28.6. The van der Waals surface area contributed by atoms with Crippen molar-refractivity contribution in [2.24, 2.45) is 5.41 Å². The normalized spacial score (nSPS) is 23.0. The van der Waals surface area contributed by atoms with Crippen molar-refractivity contribution in [2.75, 3.05) is 26.2 Å². The van der Waals surface area contributed by atoms with Crippen LogP contribution in [-0.2, 0) is 0 Å². The molecule has 8 rings (SSSR count). The third kappa shape index (κ3) is 3.74. The molecule has 0 bridgehead atoms. The minimum atomic E-state index is -2.56. The predicted molar refractivity (Wildman–Crippen MR) is 135 cm³/mol. The molecule has 38 heavy (non-hydrogen) atoms. The van der Waals surface area contributed by atoms with E-state index in [1.165, 1.54) is 17.5 Å². The number of aromatic nitrogens is 5. The van der Waals surface area contributed by atoms with Gasteiger partial charge in [0.1, 0.15) is 11.5 Å². The summed E-state index contributed by atoms with van der Waals surface area (Å²) in [6.45, 7) is 3.05. The molecule has 198 valence electrons. The second kappa shape index (κ2) is 8.10. The Morgan fingerprint density at radius 2 is 1.66 bits per heavy atom. The fourth-order valence-electron chi connectivity index (χ4n) is 6.62. The van der Waals surface area contributed by atoms with Crippen LogP contribution < -0.4 is 0 Å². The number of H-pyrrole nitrogens is 1. The molecule has 3 aliphatic carbocycles. The first kappa shape index (κ1) is 22.7. The molecular formula is C28H31F2N7O. The van der Waals surface area contributed by atoms with Gasteiger partial charge in [-0.3, -0.25) is 5.10 Å². The highest BCUT2D eigenvalue weighted by Crippen LogP contribution is 2.56. The number of amides is 2. The molecule has 1 spiro atoms. The lowest BCUT2D eigenvalue weighted by atomic mass is 9.57. The summed E-state index contributed by atoms with van der Waals surface area (Å²) in [5.74, 6) is 3.63. The molecule has 2 aliphatic heterocycles. The van der Waals surface area contributed by atoms with E-state index in [-0.39, 0.29) is 23.1 Å². The van der Waals surface area contributed by atoms with Crippen LogP contribution in [0.5, 0.6) is 0 Å². The number of nitrogens with zero attached hydrogens (tertiary/aromatic N) is 6. The number of carbonyl (C=O) groups is 1. The summed E-state index contributed by atoms with van der Waals surface area (Å²) in [7, 11) is 0. The largest absolute Gasteiger partial charge is 0.323 e. The van der Waals surface area contributed by atoms with Gasteiger partial charge in [-0.25, -0.2) is 23.2 Å². The minimum Gasteiger partial charge on any atom is -0.323 e. The fourth-order valence-corrected chi connectivity index (χ4v) is 6.62. The van der Waals surface area contributed by atoms with Crippen LogP contribution in [0.25, 0.3) is 5.69 Å². The van der Waals surface area contributed by atoms with E-state index in [2.05, 4.69) is 15.3 Å². The zero-order valence-electron chi connectivity index (χ0n) is 21.2. The van der Waals surface area contributed by atoms with Crippen LogP contribution in [0.3, 0.4) is 0 Å². The van der Waals surface area contributed by atoms with Crippen LogP contribution in [0.2, 0.25) is 0 Å². The summed E-state index contributed by atoms with van der Waals surface area (Å²) in [5, 5.41) is 12.0. The molecule has 5 aliphatic rings. The van der Waals surface area contributed by atoms with Crippen molar-refractivity contribution in [1.29, 1.82) is 0 Å². The number of hydrogen-bond donors (Lipinski definition) is 1. The standard InChI is InChI=1S/C28H31F2N7O/c29-24(30)23-9-22(17-1-2-17)34-37(23)21-7-5-16(6-8-21)20-12-35(13-20)27(38)36-14-28(15-36)10-19(11-28)26-31-25(32-33-26)18-3-4-18/h5-9,17-20,24H,1-4,10-15H2,(H,31,32,33). The van der Waals surface area contributed by atoms with Crippen molar-refractivity contribution < 1.29 is 13.6 Å². The average molecular weight is 520 g/mol. The number of halogens is 2. The quantitative estimate of drug-likeness (QED) is 0.492. The first-order chi connectivity index (χ1) is 18.4. The molecule has 4 heterocycles. The minimum absolute atomic E-state index is 0.0474. The Morgan fingerprint density at radius 1 is 0.947 bits per heavy atom. The lowest BCUT2D eigenvalue weighted by molar-refractivity contribution is -0.0601. The fraction of sp³-hybridized carbons (Fsp3) is 0.571. The summed E-state index contributed by atoms with van der Waals surface area (Å²) in [4.78, 5) is 21.6. The van der Waals surface area contributed by atoms with Crippen LogP contribution in [0.15, 0.2) is 30.3 Å². The predicted octanol–water partition coefficient (Wildman–Crippen LogP) is 5.08. The number of hydrogen-bond acceptors (Lipinski definition) is 4.